The van der Waals surface area contributed by atoms with E-state index in [1.54, 1.807) is 0 Å². The van der Waals surface area contributed by atoms with Crippen LogP contribution in [-0.2, 0) is 75.8 Å². The van der Waals surface area contributed by atoms with Crippen molar-refractivity contribution in [2.75, 3.05) is 46.2 Å². The molecule has 0 radical (unpaired) electrons. The molecule has 30 heterocycles. The molecule has 16 unspecified atom stereocenters. The molecular formula is C47H78O40. The van der Waals surface area contributed by atoms with E-state index >= 15 is 0 Å². The van der Waals surface area contributed by atoms with Crippen molar-refractivity contribution in [3.05, 3.63) is 0 Å². The van der Waals surface area contributed by atoms with Crippen LogP contribution in [-0.4, -0.2) is 415 Å². The molecule has 506 valence electrons. The third kappa shape index (κ3) is 13.7. The van der Waals surface area contributed by atoms with Crippen LogP contribution in [0.2, 0.25) is 0 Å². The van der Waals surface area contributed by atoms with E-state index in [1.165, 1.54) is 0 Å². The number of aliphatic hydroxyl groups is 24. The smallest absolute Gasteiger partial charge is 0.189 e. The van der Waals surface area contributed by atoms with Gasteiger partial charge in [-0.3, -0.25) is 0 Å². The average molecular weight is 1280 g/mol. The summed E-state index contributed by atoms with van der Waals surface area (Å²) in [6.07, 6.45) is -83.3. The number of rotatable bonds is 7. The molecule has 0 amide bonds. The molecule has 30 fully saturated rings. The molecule has 40 nitrogen and oxygen atoms in total. The maximum atomic E-state index is 11.4. The zero-order valence-corrected chi connectivity index (χ0v) is 45.3. The molecule has 30 aliphatic rings. The van der Waals surface area contributed by atoms with Crippen LogP contribution in [0.25, 0.3) is 0 Å². The van der Waals surface area contributed by atoms with E-state index in [0.29, 0.717) is 0 Å². The third-order valence-electron chi connectivity index (χ3n) is 16.6. The summed E-state index contributed by atoms with van der Waals surface area (Å²) in [6.45, 7) is -7.60. The normalized spacial score (nSPS) is 55.9. The zero-order valence-electron chi connectivity index (χ0n) is 45.3. The van der Waals surface area contributed by atoms with Gasteiger partial charge >= 0.3 is 0 Å². The minimum Gasteiger partial charge on any atom is -0.394 e. The summed E-state index contributed by atoms with van der Waals surface area (Å²) < 4.78 is 90.2. The van der Waals surface area contributed by atoms with Gasteiger partial charge in [0, 0.05) is 0 Å². The van der Waals surface area contributed by atoms with Crippen LogP contribution in [0, 0.1) is 0 Å². The summed E-state index contributed by atoms with van der Waals surface area (Å²) in [7, 11) is 0. The number of ether oxygens (including phenoxy) is 16. The van der Waals surface area contributed by atoms with E-state index in [1.807, 2.05) is 0 Å². The van der Waals surface area contributed by atoms with Gasteiger partial charge in [-0.15, -0.1) is 0 Å². The van der Waals surface area contributed by atoms with Crippen LogP contribution in [0.4, 0.5) is 0 Å². The van der Waals surface area contributed by atoms with Gasteiger partial charge in [0.05, 0.1) is 46.2 Å². The van der Waals surface area contributed by atoms with Gasteiger partial charge in [0.2, 0.25) is 0 Å². The molecule has 87 heavy (non-hydrogen) atoms. The van der Waals surface area contributed by atoms with Crippen molar-refractivity contribution in [3.8, 4) is 0 Å². The molecule has 30 rings (SSSR count). The second-order valence-corrected chi connectivity index (χ2v) is 22.1. The lowest BCUT2D eigenvalue weighted by Gasteiger charge is -2.50. The van der Waals surface area contributed by atoms with Gasteiger partial charge in [0.1, 0.15) is 189 Å². The highest BCUT2D eigenvalue weighted by atomic mass is 16.8. The molecular weight excluding hydrogens is 1200 g/mol. The second-order valence-electron chi connectivity index (χ2n) is 22.1. The SMILES string of the molecule is OCC1O[C@H]2O[C@H]3C(CO)O[C@@H](O[C@H]4C(CO)O[C@@H](O[C@H]5C(CO)O[C@@H](O[C@H]6C(CO)O[C@@H](O[C@H]7C(CO)O[C@@H](O[C@H]8C(CO)O[C@@H](O[C@H]9C(O)O[C@@H](O[C@@H]1[C@H](O)C2O)C(O)[C@H]9O)C(O)[C@H]8O)C(O)[C@H]7O)C(O)[C@H]6O)C(O)[C@H]5O)C(O)[C@H]4O)C(O)[C@H]3O. The minimum atomic E-state index is -2.38. The van der Waals surface area contributed by atoms with Crippen molar-refractivity contribution >= 4 is 0 Å². The Labute approximate surface area is 489 Å². The van der Waals surface area contributed by atoms with Crippen molar-refractivity contribution in [1.29, 1.82) is 0 Å². The first-order valence-electron chi connectivity index (χ1n) is 27.7. The van der Waals surface area contributed by atoms with Crippen molar-refractivity contribution in [3.63, 3.8) is 0 Å². The number of hydrogen-bond acceptors (Lipinski definition) is 40. The Hall–Kier alpha value is -1.60. The molecule has 30 saturated heterocycles. The van der Waals surface area contributed by atoms with Crippen LogP contribution in [0.5, 0.6) is 0 Å². The highest BCUT2D eigenvalue weighted by Gasteiger charge is 2.60. The topological polar surface area (TPSA) is 633 Å². The molecule has 30 aliphatic heterocycles. The van der Waals surface area contributed by atoms with Gasteiger partial charge in [-0.05, 0) is 0 Å². The van der Waals surface area contributed by atoms with E-state index in [9.17, 15) is 123 Å². The Kier molecular flexibility index (Phi) is 23.5. The molecule has 16 bridgehead atoms. The standard InChI is InChI=1S/C47H78O40/c48-1-8-31-15(55)23(63)40(72-8)80-32-9(2-49)74-42(25(65)17(32)57)82-34-11(4-51)76-44(27(67)19(34)59)84-36-13(6-53)78-46(29(69)21(36)61)86-38-22(62)30(70)47(87-39(38)71)85-37-14(7-54)77-45(28(68)20(37)60)83-35-12(5-52)75-43(26(66)18(35)58)81-33-10(3-50)73-41(79-31)24(64)16(33)56/h8-71H,1-7H2/t8?,9?,10?,11?,12?,13?,14?,15-,16-,17-,18-,19-,20-,21-,22-,23?,24?,25?,26?,27?,28?,29?,30?,31+,32+,33+,34+,35+,36+,37+,38-,39?,40+,41+,42+,43+,44+,45+,46+,47-/m1/s1. The molecule has 0 spiro atoms. The van der Waals surface area contributed by atoms with Crippen LogP contribution in [0.3, 0.4) is 0 Å². The quantitative estimate of drug-likeness (QED) is 0.113. The fourth-order valence-corrected chi connectivity index (χ4v) is 11.7. The predicted molar refractivity (Wildman–Crippen MR) is 256 cm³/mol. The summed E-state index contributed by atoms with van der Waals surface area (Å²) in [6, 6.07) is 0. The monoisotopic (exact) mass is 1280 g/mol. The number of aliphatic hydroxyl groups excluding tert-OH is 24. The van der Waals surface area contributed by atoms with Gasteiger partial charge in [0.15, 0.2) is 56.6 Å². The lowest BCUT2D eigenvalue weighted by atomic mass is 9.95. The Morgan fingerprint density at radius 3 is 0.425 bits per heavy atom. The van der Waals surface area contributed by atoms with Crippen molar-refractivity contribution in [2.24, 2.45) is 0 Å². The third-order valence-corrected chi connectivity index (χ3v) is 16.6. The fourth-order valence-electron chi connectivity index (χ4n) is 11.7. The lowest BCUT2D eigenvalue weighted by Crippen LogP contribution is -2.69. The first-order chi connectivity index (χ1) is 41.4. The van der Waals surface area contributed by atoms with Gasteiger partial charge in [-0.2, -0.15) is 0 Å². The highest BCUT2D eigenvalue weighted by molar-refractivity contribution is 5.02. The summed E-state index contributed by atoms with van der Waals surface area (Å²) in [4.78, 5) is 0. The minimum absolute atomic E-state index is 1.08. The van der Waals surface area contributed by atoms with E-state index in [4.69, 9.17) is 75.8 Å². The van der Waals surface area contributed by atoms with Crippen molar-refractivity contribution in [1.82, 2.24) is 0 Å². The molecule has 40 atom stereocenters. The maximum absolute atomic E-state index is 11.4. The highest BCUT2D eigenvalue weighted by Crippen LogP contribution is 2.39. The summed E-state index contributed by atoms with van der Waals surface area (Å²) >= 11 is 0. The molecule has 24 N–H and O–H groups in total. The van der Waals surface area contributed by atoms with Gasteiger partial charge < -0.3 is 198 Å². The predicted octanol–water partition coefficient (Wildman–Crippen LogP) is -17.4. The van der Waals surface area contributed by atoms with E-state index in [0.717, 1.165) is 0 Å². The van der Waals surface area contributed by atoms with Gasteiger partial charge in [-0.25, -0.2) is 0 Å². The summed E-state index contributed by atoms with van der Waals surface area (Å²) in [5.74, 6) is 0. The summed E-state index contributed by atoms with van der Waals surface area (Å²) in [5.41, 5.74) is 0. The van der Waals surface area contributed by atoms with E-state index in [2.05, 4.69) is 0 Å². The first kappa shape index (κ1) is 69.7. The Bertz CT molecular complexity index is 2110. The van der Waals surface area contributed by atoms with Gasteiger partial charge in [-0.1, -0.05) is 0 Å². The summed E-state index contributed by atoms with van der Waals surface area (Å²) in [5, 5.41) is 265. The Morgan fingerprint density at radius 1 is 0.149 bits per heavy atom. The van der Waals surface area contributed by atoms with Crippen LogP contribution < -0.4 is 0 Å². The Morgan fingerprint density at radius 2 is 0.276 bits per heavy atom. The van der Waals surface area contributed by atoms with E-state index in [-0.39, 0.29) is 0 Å². The largest absolute Gasteiger partial charge is 0.394 e. The molecule has 0 saturated carbocycles. The molecule has 0 aromatic carbocycles. The zero-order chi connectivity index (χ0) is 63.4. The first-order valence-corrected chi connectivity index (χ1v) is 27.7. The maximum Gasteiger partial charge on any atom is 0.189 e. The van der Waals surface area contributed by atoms with E-state index < -0.39 is 292 Å². The van der Waals surface area contributed by atoms with Gasteiger partial charge in [0.25, 0.3) is 0 Å². The molecule has 40 heteroatoms. The lowest BCUT2D eigenvalue weighted by molar-refractivity contribution is -0.412. The molecule has 0 aromatic rings. The second kappa shape index (κ2) is 29.4. The molecule has 0 aromatic heterocycles. The average Bonchev–Trinajstić information content (AvgIpc) is 1.43. The van der Waals surface area contributed by atoms with Crippen LogP contribution >= 0.6 is 0 Å². The Balaban J connectivity index is 0.969. The van der Waals surface area contributed by atoms with Crippen LogP contribution in [0.15, 0.2) is 0 Å². The number of hydrogen-bond donors (Lipinski definition) is 24. The van der Waals surface area contributed by atoms with Crippen molar-refractivity contribution < 1.29 is 198 Å². The molecule has 0 aliphatic carbocycles. The van der Waals surface area contributed by atoms with Crippen molar-refractivity contribution in [2.45, 2.75) is 246 Å². The fraction of sp³-hybridized carbons (Fsp3) is 1.00. The van der Waals surface area contributed by atoms with Crippen LogP contribution in [0.1, 0.15) is 0 Å².